The van der Waals surface area contributed by atoms with Crippen LogP contribution in [0.25, 0.3) is 33.2 Å². The van der Waals surface area contributed by atoms with Gasteiger partial charge in [-0.1, -0.05) is 37.8 Å². The molecular weight excluding hydrogens is 679 g/mol. The van der Waals surface area contributed by atoms with Crippen molar-refractivity contribution >= 4 is 47.3 Å². The normalized spacial score (nSPS) is 16.2. The molecule has 0 spiro atoms. The largest absolute Gasteiger partial charge is 0.361 e. The van der Waals surface area contributed by atoms with Crippen LogP contribution in [0.5, 0.6) is 0 Å². The molecule has 2 aliphatic rings. The first-order valence-corrected chi connectivity index (χ1v) is 23.0. The second kappa shape index (κ2) is 16.9. The van der Waals surface area contributed by atoms with Gasteiger partial charge in [0.15, 0.2) is 0 Å². The van der Waals surface area contributed by atoms with Gasteiger partial charge in [0.05, 0.1) is 27.9 Å². The first kappa shape index (κ1) is 37.1. The number of carbonyl (C=O) groups is 1. The summed E-state index contributed by atoms with van der Waals surface area (Å²) in [5, 5.41) is 7.74. The molecule has 280 valence electrons. The Labute approximate surface area is 314 Å². The fourth-order valence-electron chi connectivity index (χ4n) is 7.15. The number of nitrogens with one attached hydrogen (secondary N) is 2. The van der Waals surface area contributed by atoms with Crippen LogP contribution in [0.3, 0.4) is 0 Å². The van der Waals surface area contributed by atoms with E-state index in [1.54, 1.807) is 6.20 Å². The van der Waals surface area contributed by atoms with Gasteiger partial charge in [0.25, 0.3) is 5.91 Å². The Morgan fingerprint density at radius 3 is 2.45 bits per heavy atom. The number of carbonyl (C=O) groups excluding carboxylic acids is 1. The first-order chi connectivity index (χ1) is 25.7. The summed E-state index contributed by atoms with van der Waals surface area (Å²) in [5.41, 5.74) is 7.46. The zero-order chi connectivity index (χ0) is 36.8. The lowest BCUT2D eigenvalue weighted by Crippen LogP contribution is -2.45. The number of hydrogen-bond acceptors (Lipinski definition) is 9. The summed E-state index contributed by atoms with van der Waals surface area (Å²) in [6.07, 6.45) is 7.12. The fraction of sp³-hybridized carbons (Fsp3) is 0.463. The lowest BCUT2D eigenvalue weighted by Gasteiger charge is -2.32. The molecule has 5 aromatic rings. The van der Waals surface area contributed by atoms with Crippen LogP contribution in [0.2, 0.25) is 25.7 Å². The maximum Gasteiger partial charge on any atom is 0.287 e. The smallest absolute Gasteiger partial charge is 0.287 e. The van der Waals surface area contributed by atoms with Crippen LogP contribution in [0, 0.1) is 0 Å². The van der Waals surface area contributed by atoms with E-state index in [1.165, 1.54) is 31.5 Å². The summed E-state index contributed by atoms with van der Waals surface area (Å²) in [6, 6.07) is 19.9. The van der Waals surface area contributed by atoms with E-state index in [0.717, 1.165) is 96.3 Å². The Bertz CT molecular complexity index is 2000. The monoisotopic (exact) mass is 733 g/mol. The highest BCUT2D eigenvalue weighted by Crippen LogP contribution is 2.32. The van der Waals surface area contributed by atoms with Crippen molar-refractivity contribution in [2.75, 3.05) is 71.3 Å². The van der Waals surface area contributed by atoms with E-state index in [2.05, 4.69) is 93.4 Å². The Kier molecular flexibility index (Phi) is 11.8. The molecule has 0 aliphatic carbocycles. The molecule has 0 radical (unpaired) electrons. The van der Waals surface area contributed by atoms with E-state index in [9.17, 15) is 4.79 Å². The quantitative estimate of drug-likeness (QED) is 0.0903. The highest BCUT2D eigenvalue weighted by atomic mass is 28.3. The summed E-state index contributed by atoms with van der Waals surface area (Å²) in [6.45, 7) is 17.2. The van der Waals surface area contributed by atoms with Gasteiger partial charge >= 0.3 is 0 Å². The van der Waals surface area contributed by atoms with Gasteiger partial charge < -0.3 is 25.2 Å². The number of fused-ring (bicyclic) bond motifs is 2. The van der Waals surface area contributed by atoms with Crippen LogP contribution in [0.1, 0.15) is 35.4 Å². The molecule has 1 amide bonds. The lowest BCUT2D eigenvalue weighted by molar-refractivity contribution is 0.0801. The summed E-state index contributed by atoms with van der Waals surface area (Å²) in [5.74, 6) is 0.196. The van der Waals surface area contributed by atoms with Crippen LogP contribution in [-0.2, 0) is 18.0 Å². The number of pyridine rings is 2. The van der Waals surface area contributed by atoms with Crippen LogP contribution in [0.4, 0.5) is 11.4 Å². The van der Waals surface area contributed by atoms with Crippen molar-refractivity contribution in [1.82, 2.24) is 39.5 Å². The maximum absolute atomic E-state index is 13.7. The van der Waals surface area contributed by atoms with E-state index in [4.69, 9.17) is 14.7 Å². The van der Waals surface area contributed by atoms with Crippen molar-refractivity contribution in [2.45, 2.75) is 58.2 Å². The first-order valence-electron chi connectivity index (χ1n) is 19.3. The number of benzene rings is 2. The number of likely N-dealkylation sites (tertiary alicyclic amines) is 1. The molecule has 0 atom stereocenters. The number of imidazole rings is 1. The van der Waals surface area contributed by atoms with Crippen LogP contribution < -0.4 is 10.6 Å². The van der Waals surface area contributed by atoms with Crippen molar-refractivity contribution in [3.8, 4) is 11.3 Å². The second-order valence-corrected chi connectivity index (χ2v) is 21.5. The zero-order valence-corrected chi connectivity index (χ0v) is 32.9. The number of nitrogens with zero attached hydrogens (tertiary/aromatic N) is 7. The summed E-state index contributed by atoms with van der Waals surface area (Å²) in [4.78, 5) is 35.4. The topological polar surface area (TPSA) is 104 Å². The van der Waals surface area contributed by atoms with Crippen molar-refractivity contribution in [3.63, 3.8) is 0 Å². The predicted octanol–water partition coefficient (Wildman–Crippen LogP) is 6.67. The molecule has 0 unspecified atom stereocenters. The zero-order valence-electron chi connectivity index (χ0n) is 31.9. The third kappa shape index (κ3) is 9.67. The Hall–Kier alpha value is -4.20. The second-order valence-electron chi connectivity index (χ2n) is 15.9. The van der Waals surface area contributed by atoms with Crippen molar-refractivity contribution in [1.29, 1.82) is 0 Å². The van der Waals surface area contributed by atoms with E-state index in [-0.39, 0.29) is 12.6 Å². The summed E-state index contributed by atoms with van der Waals surface area (Å²) in [7, 11) is 0.903. The molecule has 53 heavy (non-hydrogen) atoms. The number of amides is 1. The minimum Gasteiger partial charge on any atom is -0.361 e. The van der Waals surface area contributed by atoms with Gasteiger partial charge in [0.2, 0.25) is 5.82 Å². The summed E-state index contributed by atoms with van der Waals surface area (Å²) < 4.78 is 8.10. The van der Waals surface area contributed by atoms with Gasteiger partial charge in [-0.25, -0.2) is 9.97 Å². The molecule has 5 heterocycles. The molecule has 2 aliphatic heterocycles. The number of hydrogen-bond donors (Lipinski definition) is 2. The van der Waals surface area contributed by atoms with Gasteiger partial charge in [0.1, 0.15) is 6.73 Å². The minimum atomic E-state index is -1.27. The van der Waals surface area contributed by atoms with Crippen molar-refractivity contribution in [2.24, 2.45) is 0 Å². The summed E-state index contributed by atoms with van der Waals surface area (Å²) >= 11 is 0. The SMILES string of the molecule is CN1CCN(CCCNC(=O)c2nc3cc(-c4cc(Nc5ccc(CN6CCCC6)cc5)c5cnccc5n4)ccc3n2COCC[Si](C)(C)C)CC1. The van der Waals surface area contributed by atoms with E-state index in [0.29, 0.717) is 19.0 Å². The molecule has 7 rings (SSSR count). The van der Waals surface area contributed by atoms with E-state index in [1.807, 2.05) is 29.0 Å². The molecule has 2 saturated heterocycles. The molecule has 2 N–H and O–H groups in total. The lowest BCUT2D eigenvalue weighted by atomic mass is 10.1. The Morgan fingerprint density at radius 1 is 0.887 bits per heavy atom. The maximum atomic E-state index is 13.7. The molecule has 0 saturated carbocycles. The van der Waals surface area contributed by atoms with Gasteiger partial charge in [-0.05, 0) is 94.0 Å². The molecule has 12 heteroatoms. The van der Waals surface area contributed by atoms with Gasteiger partial charge in [-0.2, -0.15) is 0 Å². The molecule has 2 aromatic carbocycles. The fourth-order valence-corrected chi connectivity index (χ4v) is 7.91. The van der Waals surface area contributed by atoms with Gasteiger partial charge in [0, 0.05) is 83.0 Å². The van der Waals surface area contributed by atoms with Crippen LogP contribution in [0.15, 0.2) is 67.0 Å². The molecule has 11 nitrogen and oxygen atoms in total. The number of anilines is 2. The highest BCUT2D eigenvalue weighted by molar-refractivity contribution is 6.76. The van der Waals surface area contributed by atoms with Crippen molar-refractivity contribution < 1.29 is 9.53 Å². The highest BCUT2D eigenvalue weighted by Gasteiger charge is 2.21. The average molecular weight is 734 g/mol. The average Bonchev–Trinajstić information content (AvgIpc) is 3.80. The number of ether oxygens (including phenoxy) is 1. The van der Waals surface area contributed by atoms with Gasteiger partial charge in [-0.3, -0.25) is 19.2 Å². The number of piperazine rings is 1. The van der Waals surface area contributed by atoms with Gasteiger partial charge in [-0.15, -0.1) is 0 Å². The van der Waals surface area contributed by atoms with E-state index >= 15 is 0 Å². The van der Waals surface area contributed by atoms with Crippen LogP contribution >= 0.6 is 0 Å². The number of aromatic nitrogens is 4. The van der Waals surface area contributed by atoms with Crippen molar-refractivity contribution in [3.05, 3.63) is 78.4 Å². The number of likely N-dealkylation sites (N-methyl/N-ethyl adjacent to an activating group) is 1. The predicted molar refractivity (Wildman–Crippen MR) is 217 cm³/mol. The molecule has 0 bridgehead atoms. The van der Waals surface area contributed by atoms with Crippen LogP contribution in [-0.4, -0.2) is 114 Å². The molecular formula is C41H55N9O2Si. The third-order valence-corrected chi connectivity index (χ3v) is 12.1. The van der Waals surface area contributed by atoms with E-state index < -0.39 is 8.07 Å². The third-order valence-electron chi connectivity index (χ3n) is 10.4. The molecule has 3 aromatic heterocycles. The number of rotatable bonds is 15. The Morgan fingerprint density at radius 2 is 1.68 bits per heavy atom. The Balaban J connectivity index is 1.12. The molecule has 2 fully saturated rings. The minimum absolute atomic E-state index is 0.177. The standard InChI is InChI=1S/C41H55N9O2Si/c1-47-20-22-48(23-21-47)19-7-15-43-41(51)40-46-38-26-32(10-13-39(38)50(40)30-52-24-25-53(2,3)4)36-27-37(34-28-42-16-14-35(34)45-36)44-33-11-8-31(9-12-33)29-49-17-5-6-18-49/h8-14,16,26-28H,5-7,15,17-25,29-30H2,1-4H3,(H,43,51)(H,44,45).